The Kier molecular flexibility index (Phi) is 1.06. The van der Waals surface area contributed by atoms with Gasteiger partial charge >= 0.3 is 0 Å². The highest BCUT2D eigenvalue weighted by atomic mass is 16.3. The molecule has 0 unspecified atom stereocenters. The van der Waals surface area contributed by atoms with Crippen molar-refractivity contribution in [1.82, 2.24) is 0 Å². The van der Waals surface area contributed by atoms with Gasteiger partial charge in [0.2, 0.25) is 0 Å². The minimum absolute atomic E-state index is 0.0625. The van der Waals surface area contributed by atoms with Gasteiger partial charge in [0.1, 0.15) is 0 Å². The first-order chi connectivity index (χ1) is 4.64. The summed E-state index contributed by atoms with van der Waals surface area (Å²) in [5, 5.41) is 9.61. The average Bonchev–Trinajstić information content (AvgIpc) is 2.31. The fourth-order valence-electron chi connectivity index (χ4n) is 2.43. The van der Waals surface area contributed by atoms with Gasteiger partial charge < -0.3 is 5.11 Å². The minimum atomic E-state index is -0.0625. The second-order valence-corrected chi connectivity index (χ2v) is 4.12. The van der Waals surface area contributed by atoms with E-state index in [9.17, 15) is 5.11 Å². The summed E-state index contributed by atoms with van der Waals surface area (Å²) < 4.78 is 0. The highest BCUT2D eigenvalue weighted by Gasteiger charge is 2.55. The highest BCUT2D eigenvalue weighted by molar-refractivity contribution is 5.18. The molecule has 0 aliphatic heterocycles. The summed E-state index contributed by atoms with van der Waals surface area (Å²) in [6.07, 6.45) is 5.49. The summed E-state index contributed by atoms with van der Waals surface area (Å²) in [5.74, 6) is 1.21. The van der Waals surface area contributed by atoms with E-state index < -0.39 is 0 Å². The fraction of sp³-hybridized carbons (Fsp3) is 0.778. The van der Waals surface area contributed by atoms with Crippen molar-refractivity contribution in [3.8, 4) is 0 Å². The Labute approximate surface area is 61.8 Å². The van der Waals surface area contributed by atoms with E-state index in [2.05, 4.69) is 26.0 Å². The van der Waals surface area contributed by atoms with E-state index in [1.807, 2.05) is 0 Å². The minimum Gasteiger partial charge on any atom is -0.392 e. The highest BCUT2D eigenvalue weighted by Crippen LogP contribution is 2.55. The largest absolute Gasteiger partial charge is 0.392 e. The first-order valence-electron chi connectivity index (χ1n) is 3.99. The third-order valence-corrected chi connectivity index (χ3v) is 3.24. The zero-order valence-corrected chi connectivity index (χ0v) is 6.54. The number of hydrogen-bond donors (Lipinski definition) is 1. The maximum atomic E-state index is 9.61. The molecule has 0 heterocycles. The first kappa shape index (κ1) is 6.41. The molecule has 1 saturated carbocycles. The molecule has 0 radical (unpaired) electrons. The lowest BCUT2D eigenvalue weighted by atomic mass is 9.55. The van der Waals surface area contributed by atoms with E-state index >= 15 is 0 Å². The van der Waals surface area contributed by atoms with E-state index in [1.54, 1.807) is 0 Å². The van der Waals surface area contributed by atoms with Crippen molar-refractivity contribution in [2.24, 2.45) is 17.3 Å². The molecule has 2 aliphatic rings. The zero-order valence-electron chi connectivity index (χ0n) is 6.54. The molecule has 3 atom stereocenters. The van der Waals surface area contributed by atoms with Crippen molar-refractivity contribution in [3.63, 3.8) is 0 Å². The molecule has 1 fully saturated rings. The quantitative estimate of drug-likeness (QED) is 0.504. The van der Waals surface area contributed by atoms with Crippen molar-refractivity contribution in [2.75, 3.05) is 0 Å². The van der Waals surface area contributed by atoms with Gasteiger partial charge in [-0.2, -0.15) is 0 Å². The van der Waals surface area contributed by atoms with E-state index in [4.69, 9.17) is 0 Å². The van der Waals surface area contributed by atoms with Gasteiger partial charge in [-0.1, -0.05) is 26.0 Å². The Bertz CT molecular complexity index is 181. The molecule has 0 aromatic rings. The first-order valence-corrected chi connectivity index (χ1v) is 3.99. The predicted molar refractivity (Wildman–Crippen MR) is 40.5 cm³/mol. The Hall–Kier alpha value is -0.300. The molecule has 0 saturated heterocycles. The van der Waals surface area contributed by atoms with Crippen LogP contribution in [0.25, 0.3) is 0 Å². The van der Waals surface area contributed by atoms with E-state index in [-0.39, 0.29) is 11.5 Å². The van der Waals surface area contributed by atoms with E-state index in [0.717, 1.165) is 6.42 Å². The number of allylic oxidation sites excluding steroid dienone is 2. The molecule has 0 aromatic carbocycles. The maximum Gasteiger partial charge on any atom is 0.0633 e. The van der Waals surface area contributed by atoms with Crippen LogP contribution in [0.4, 0.5) is 0 Å². The van der Waals surface area contributed by atoms with Gasteiger partial charge in [-0.05, 0) is 23.7 Å². The smallest absolute Gasteiger partial charge is 0.0633 e. The van der Waals surface area contributed by atoms with Gasteiger partial charge in [0.05, 0.1) is 6.10 Å². The molecule has 0 bridgehead atoms. The lowest BCUT2D eigenvalue weighted by Crippen LogP contribution is -2.55. The van der Waals surface area contributed by atoms with Crippen molar-refractivity contribution >= 4 is 0 Å². The number of fused-ring (bicyclic) bond motifs is 1. The van der Waals surface area contributed by atoms with Gasteiger partial charge in [0, 0.05) is 0 Å². The normalized spacial score (nSPS) is 48.5. The van der Waals surface area contributed by atoms with Crippen molar-refractivity contribution in [1.29, 1.82) is 0 Å². The Morgan fingerprint density at radius 3 is 2.80 bits per heavy atom. The third kappa shape index (κ3) is 0.523. The van der Waals surface area contributed by atoms with E-state index in [0.29, 0.717) is 11.8 Å². The van der Waals surface area contributed by atoms with Crippen molar-refractivity contribution in [3.05, 3.63) is 12.2 Å². The molecule has 2 rings (SSSR count). The van der Waals surface area contributed by atoms with Crippen LogP contribution in [-0.2, 0) is 0 Å². The Morgan fingerprint density at radius 1 is 1.50 bits per heavy atom. The maximum absolute atomic E-state index is 9.61. The van der Waals surface area contributed by atoms with Crippen LogP contribution in [-0.4, -0.2) is 11.2 Å². The van der Waals surface area contributed by atoms with Crippen LogP contribution in [0.5, 0.6) is 0 Å². The van der Waals surface area contributed by atoms with Gasteiger partial charge in [-0.15, -0.1) is 0 Å². The average molecular weight is 138 g/mol. The topological polar surface area (TPSA) is 20.2 Å². The summed E-state index contributed by atoms with van der Waals surface area (Å²) in [7, 11) is 0. The van der Waals surface area contributed by atoms with Crippen LogP contribution < -0.4 is 0 Å². The molecule has 10 heavy (non-hydrogen) atoms. The Balaban J connectivity index is 2.21. The van der Waals surface area contributed by atoms with Crippen molar-refractivity contribution in [2.45, 2.75) is 26.4 Å². The number of aliphatic hydroxyl groups excluding tert-OH is 1. The molecule has 0 aromatic heterocycles. The summed E-state index contributed by atoms with van der Waals surface area (Å²) in [6.45, 7) is 4.29. The van der Waals surface area contributed by atoms with Gasteiger partial charge in [0.25, 0.3) is 0 Å². The van der Waals surface area contributed by atoms with Crippen LogP contribution >= 0.6 is 0 Å². The van der Waals surface area contributed by atoms with E-state index in [1.165, 1.54) is 0 Å². The van der Waals surface area contributed by atoms with Crippen molar-refractivity contribution < 1.29 is 5.11 Å². The van der Waals surface area contributed by atoms with Crippen LogP contribution in [0, 0.1) is 17.3 Å². The van der Waals surface area contributed by atoms with Crippen LogP contribution in [0.2, 0.25) is 0 Å². The van der Waals surface area contributed by atoms with Crippen LogP contribution in [0.1, 0.15) is 20.3 Å². The van der Waals surface area contributed by atoms with Crippen LogP contribution in [0.3, 0.4) is 0 Å². The molecule has 1 heteroatoms. The molecule has 1 N–H and O–H groups in total. The summed E-state index contributed by atoms with van der Waals surface area (Å²) >= 11 is 0. The molecular weight excluding hydrogens is 124 g/mol. The standard InChI is InChI=1S/C9H14O/c1-9(2)7-5-3-4-6(7)8(9)10/h3,5-8,10H,4H2,1-2H3/t6-,7+,8-/m0/s1. The zero-order chi connectivity index (χ0) is 7.35. The molecular formula is C9H14O. The number of aliphatic hydroxyl groups is 1. The monoisotopic (exact) mass is 138 g/mol. The molecule has 2 aliphatic carbocycles. The number of hydrogen-bond acceptors (Lipinski definition) is 1. The molecule has 56 valence electrons. The summed E-state index contributed by atoms with van der Waals surface area (Å²) in [5.41, 5.74) is 0.150. The lowest BCUT2D eigenvalue weighted by Gasteiger charge is -2.52. The summed E-state index contributed by atoms with van der Waals surface area (Å²) in [4.78, 5) is 0. The molecule has 0 spiro atoms. The van der Waals surface area contributed by atoms with Crippen LogP contribution in [0.15, 0.2) is 12.2 Å². The van der Waals surface area contributed by atoms with Gasteiger partial charge in [0.15, 0.2) is 0 Å². The van der Waals surface area contributed by atoms with Gasteiger partial charge in [-0.3, -0.25) is 0 Å². The second kappa shape index (κ2) is 1.65. The molecule has 1 nitrogen and oxygen atoms in total. The number of rotatable bonds is 0. The Morgan fingerprint density at radius 2 is 2.20 bits per heavy atom. The fourth-order valence-corrected chi connectivity index (χ4v) is 2.43. The summed E-state index contributed by atoms with van der Waals surface area (Å²) in [6, 6.07) is 0. The van der Waals surface area contributed by atoms with Gasteiger partial charge in [-0.25, -0.2) is 0 Å². The predicted octanol–water partition coefficient (Wildman–Crippen LogP) is 1.58. The lowest BCUT2D eigenvalue weighted by molar-refractivity contribution is -0.131. The SMILES string of the molecule is CC1(C)[C@@H]2C=CC[C@@H]2[C@@H]1O. The second-order valence-electron chi connectivity index (χ2n) is 4.12. The third-order valence-electron chi connectivity index (χ3n) is 3.24. The molecule has 0 amide bonds.